The first kappa shape index (κ1) is 18.8. The molecule has 2 rings (SSSR count). The van der Waals surface area contributed by atoms with Gasteiger partial charge in [0.25, 0.3) is 0 Å². The monoisotopic (exact) mass is 343 g/mol. The van der Waals surface area contributed by atoms with E-state index in [2.05, 4.69) is 4.98 Å². The van der Waals surface area contributed by atoms with E-state index >= 15 is 0 Å². The highest BCUT2D eigenvalue weighted by molar-refractivity contribution is 5.89. The van der Waals surface area contributed by atoms with E-state index in [1.54, 1.807) is 19.2 Å². The van der Waals surface area contributed by atoms with Crippen molar-refractivity contribution in [2.45, 2.75) is 40.2 Å². The molecule has 1 aromatic heterocycles. The maximum atomic E-state index is 11.5. The number of nitrogens with zero attached hydrogens (tertiary/aromatic N) is 1. The van der Waals surface area contributed by atoms with Gasteiger partial charge in [0.05, 0.1) is 30.2 Å². The molecule has 0 bridgehead atoms. The topological polar surface area (TPSA) is 68.7 Å². The molecule has 0 atom stereocenters. The first-order valence-corrected chi connectivity index (χ1v) is 8.40. The molecule has 0 saturated carbocycles. The van der Waals surface area contributed by atoms with Crippen LogP contribution in [0.1, 0.15) is 43.7 Å². The molecule has 1 aromatic carbocycles. The van der Waals surface area contributed by atoms with Crippen molar-refractivity contribution in [3.05, 3.63) is 41.6 Å². The van der Waals surface area contributed by atoms with Gasteiger partial charge in [-0.3, -0.25) is 4.98 Å². The molecule has 0 radical (unpaired) electrons. The predicted octanol–water partition coefficient (Wildman–Crippen LogP) is 4.44. The second-order valence-corrected chi connectivity index (χ2v) is 6.62. The Balaban J connectivity index is 2.58. The van der Waals surface area contributed by atoms with Gasteiger partial charge in [-0.2, -0.15) is 0 Å². The minimum absolute atomic E-state index is 0.0144. The van der Waals surface area contributed by atoms with Crippen LogP contribution in [0.15, 0.2) is 30.3 Å². The average Bonchev–Trinajstić information content (AvgIpc) is 2.53. The number of benzene rings is 1. The standard InChI is InChI=1S/C20H25NO4/c1-12(2)10-18-15(20(22)23)7-8-17(21-18)16-11-14(24-5)6-9-19(16)25-13(3)4/h6-9,11-13H,10H2,1-5H3,(H,22,23). The molecule has 0 aliphatic carbocycles. The summed E-state index contributed by atoms with van der Waals surface area (Å²) in [6, 6.07) is 8.88. The summed E-state index contributed by atoms with van der Waals surface area (Å²) in [7, 11) is 1.60. The number of rotatable bonds is 7. The summed E-state index contributed by atoms with van der Waals surface area (Å²) in [6.45, 7) is 8.00. The van der Waals surface area contributed by atoms with Gasteiger partial charge in [-0.05, 0) is 56.5 Å². The average molecular weight is 343 g/mol. The van der Waals surface area contributed by atoms with Crippen LogP contribution in [0.25, 0.3) is 11.3 Å². The molecule has 1 heterocycles. The maximum Gasteiger partial charge on any atom is 0.337 e. The highest BCUT2D eigenvalue weighted by Gasteiger charge is 2.17. The molecule has 0 fully saturated rings. The van der Waals surface area contributed by atoms with Crippen LogP contribution in [0, 0.1) is 5.92 Å². The summed E-state index contributed by atoms with van der Waals surface area (Å²) in [4.78, 5) is 16.1. The van der Waals surface area contributed by atoms with E-state index in [-0.39, 0.29) is 11.7 Å². The van der Waals surface area contributed by atoms with E-state index in [1.807, 2.05) is 45.9 Å². The van der Waals surface area contributed by atoms with Crippen LogP contribution in [0.4, 0.5) is 0 Å². The zero-order chi connectivity index (χ0) is 18.6. The molecular weight excluding hydrogens is 318 g/mol. The fourth-order valence-electron chi connectivity index (χ4n) is 2.58. The van der Waals surface area contributed by atoms with Gasteiger partial charge >= 0.3 is 5.97 Å². The number of hydrogen-bond acceptors (Lipinski definition) is 4. The largest absolute Gasteiger partial charge is 0.497 e. The summed E-state index contributed by atoms with van der Waals surface area (Å²) in [5.74, 6) is 0.735. The third-order valence-corrected chi connectivity index (χ3v) is 3.63. The number of methoxy groups -OCH3 is 1. The van der Waals surface area contributed by atoms with Crippen molar-refractivity contribution in [2.24, 2.45) is 5.92 Å². The van der Waals surface area contributed by atoms with Crippen molar-refractivity contribution in [1.29, 1.82) is 0 Å². The van der Waals surface area contributed by atoms with Crippen LogP contribution in [0.3, 0.4) is 0 Å². The van der Waals surface area contributed by atoms with Gasteiger partial charge in [0, 0.05) is 5.56 Å². The smallest absolute Gasteiger partial charge is 0.337 e. The SMILES string of the molecule is COc1ccc(OC(C)C)c(-c2ccc(C(=O)O)c(CC(C)C)n2)c1. The maximum absolute atomic E-state index is 11.5. The van der Waals surface area contributed by atoms with E-state index in [0.717, 1.165) is 5.56 Å². The summed E-state index contributed by atoms with van der Waals surface area (Å²) < 4.78 is 11.2. The zero-order valence-electron chi connectivity index (χ0n) is 15.4. The van der Waals surface area contributed by atoms with Crippen molar-refractivity contribution >= 4 is 5.97 Å². The minimum atomic E-state index is -0.959. The lowest BCUT2D eigenvalue weighted by Gasteiger charge is -2.16. The van der Waals surface area contributed by atoms with E-state index in [4.69, 9.17) is 9.47 Å². The van der Waals surface area contributed by atoms with Crippen LogP contribution in [0.5, 0.6) is 11.5 Å². The molecule has 0 aliphatic heterocycles. The van der Waals surface area contributed by atoms with E-state index < -0.39 is 5.97 Å². The minimum Gasteiger partial charge on any atom is -0.497 e. The van der Waals surface area contributed by atoms with Gasteiger partial charge in [0.1, 0.15) is 11.5 Å². The normalized spacial score (nSPS) is 11.0. The summed E-state index contributed by atoms with van der Waals surface area (Å²) >= 11 is 0. The fourth-order valence-corrected chi connectivity index (χ4v) is 2.58. The Labute approximate surface area is 148 Å². The van der Waals surface area contributed by atoms with E-state index in [1.165, 1.54) is 0 Å². The Morgan fingerprint density at radius 3 is 2.44 bits per heavy atom. The van der Waals surface area contributed by atoms with Crippen molar-refractivity contribution < 1.29 is 19.4 Å². The first-order chi connectivity index (χ1) is 11.8. The molecule has 25 heavy (non-hydrogen) atoms. The Kier molecular flexibility index (Phi) is 6.02. The zero-order valence-corrected chi connectivity index (χ0v) is 15.4. The van der Waals surface area contributed by atoms with E-state index in [0.29, 0.717) is 35.2 Å². The molecule has 0 amide bonds. The number of aromatic nitrogens is 1. The summed E-state index contributed by atoms with van der Waals surface area (Å²) in [6.07, 6.45) is 0.611. The number of ether oxygens (including phenoxy) is 2. The number of aromatic carboxylic acids is 1. The second kappa shape index (κ2) is 8.01. The van der Waals surface area contributed by atoms with E-state index in [9.17, 15) is 9.90 Å². The highest BCUT2D eigenvalue weighted by Crippen LogP contribution is 2.34. The van der Waals surface area contributed by atoms with Gasteiger partial charge in [0.2, 0.25) is 0 Å². The summed E-state index contributed by atoms with van der Waals surface area (Å²) in [5.41, 5.74) is 2.29. The predicted molar refractivity (Wildman–Crippen MR) is 97.5 cm³/mol. The molecule has 2 aromatic rings. The highest BCUT2D eigenvalue weighted by atomic mass is 16.5. The molecular formula is C20H25NO4. The van der Waals surface area contributed by atoms with Crippen LogP contribution < -0.4 is 9.47 Å². The van der Waals surface area contributed by atoms with Crippen LogP contribution in [-0.4, -0.2) is 29.3 Å². The molecule has 0 unspecified atom stereocenters. The second-order valence-electron chi connectivity index (χ2n) is 6.62. The number of carboxylic acid groups (broad SMARTS) is 1. The van der Waals surface area contributed by atoms with Crippen molar-refractivity contribution in [3.63, 3.8) is 0 Å². The molecule has 5 heteroatoms. The van der Waals surface area contributed by atoms with Crippen LogP contribution >= 0.6 is 0 Å². The van der Waals surface area contributed by atoms with Crippen molar-refractivity contribution in [2.75, 3.05) is 7.11 Å². The van der Waals surface area contributed by atoms with Gasteiger partial charge in [-0.1, -0.05) is 13.8 Å². The lowest BCUT2D eigenvalue weighted by Crippen LogP contribution is -2.10. The third kappa shape index (κ3) is 4.72. The molecule has 134 valence electrons. The molecule has 0 saturated heterocycles. The van der Waals surface area contributed by atoms with Gasteiger partial charge in [0.15, 0.2) is 0 Å². The number of hydrogen-bond donors (Lipinski definition) is 1. The van der Waals surface area contributed by atoms with Gasteiger partial charge in [-0.15, -0.1) is 0 Å². The van der Waals surface area contributed by atoms with Gasteiger partial charge in [-0.25, -0.2) is 4.79 Å². The Hall–Kier alpha value is -2.56. The quantitative estimate of drug-likeness (QED) is 0.805. The number of pyridine rings is 1. The molecule has 0 spiro atoms. The van der Waals surface area contributed by atoms with Crippen molar-refractivity contribution in [3.8, 4) is 22.8 Å². The van der Waals surface area contributed by atoms with Crippen molar-refractivity contribution in [1.82, 2.24) is 4.98 Å². The first-order valence-electron chi connectivity index (χ1n) is 8.40. The lowest BCUT2D eigenvalue weighted by molar-refractivity contribution is 0.0695. The Bertz CT molecular complexity index is 753. The fraction of sp³-hybridized carbons (Fsp3) is 0.400. The Morgan fingerprint density at radius 1 is 1.16 bits per heavy atom. The number of carboxylic acids is 1. The summed E-state index contributed by atoms with van der Waals surface area (Å²) in [5, 5.41) is 9.41. The van der Waals surface area contributed by atoms with Gasteiger partial charge < -0.3 is 14.6 Å². The lowest BCUT2D eigenvalue weighted by atomic mass is 10.0. The van der Waals surface area contributed by atoms with Crippen LogP contribution in [0.2, 0.25) is 0 Å². The third-order valence-electron chi connectivity index (χ3n) is 3.63. The number of carbonyl (C=O) groups is 1. The molecule has 1 N–H and O–H groups in total. The molecule has 0 aliphatic rings. The molecule has 5 nitrogen and oxygen atoms in total. The Morgan fingerprint density at radius 2 is 1.88 bits per heavy atom. The van der Waals surface area contributed by atoms with Crippen LogP contribution in [-0.2, 0) is 6.42 Å².